The van der Waals surface area contributed by atoms with Crippen LogP contribution in [0.25, 0.3) is 11.5 Å². The second-order valence-corrected chi connectivity index (χ2v) is 5.85. The lowest BCUT2D eigenvalue weighted by Crippen LogP contribution is -2.20. The van der Waals surface area contributed by atoms with Crippen LogP contribution in [0.1, 0.15) is 25.7 Å². The Kier molecular flexibility index (Phi) is 4.12. The molecular weight excluding hydrogens is 313 g/mol. The van der Waals surface area contributed by atoms with Crippen molar-refractivity contribution in [1.82, 2.24) is 10.2 Å². The molecule has 1 aromatic heterocycles. The molecule has 5 nitrogen and oxygen atoms in total. The lowest BCUT2D eigenvalue weighted by atomic mass is 10.1. The minimum atomic E-state index is -0.0649. The molecule has 1 fully saturated rings. The Morgan fingerprint density at radius 3 is 2.71 bits per heavy atom. The molecule has 110 valence electrons. The van der Waals surface area contributed by atoms with Crippen molar-refractivity contribution in [3.8, 4) is 11.5 Å². The van der Waals surface area contributed by atoms with E-state index in [4.69, 9.17) is 27.6 Å². The summed E-state index contributed by atoms with van der Waals surface area (Å²) in [5.41, 5.74) is 0.579. The average molecular weight is 326 g/mol. The minimum Gasteiger partial charge on any atom is -0.403 e. The Hall–Kier alpha value is -1.59. The first-order valence-corrected chi connectivity index (χ1v) is 7.49. The quantitative estimate of drug-likeness (QED) is 0.919. The monoisotopic (exact) mass is 325 g/mol. The minimum absolute atomic E-state index is 0.0412. The molecule has 1 aliphatic carbocycles. The molecule has 0 unspecified atom stereocenters. The smallest absolute Gasteiger partial charge is 0.322 e. The van der Waals surface area contributed by atoms with Crippen LogP contribution in [-0.2, 0) is 4.79 Å². The molecule has 21 heavy (non-hydrogen) atoms. The van der Waals surface area contributed by atoms with E-state index in [0.29, 0.717) is 15.6 Å². The first-order chi connectivity index (χ1) is 10.1. The molecule has 1 amide bonds. The number of nitrogens with one attached hydrogen (secondary N) is 1. The van der Waals surface area contributed by atoms with Crippen molar-refractivity contribution < 1.29 is 9.21 Å². The Balaban J connectivity index is 1.75. The SMILES string of the molecule is O=C(Nc1nnc(-c2ccc(Cl)cc2Cl)o1)C1CCCC1. The fourth-order valence-electron chi connectivity index (χ4n) is 2.44. The average Bonchev–Trinajstić information content (AvgIpc) is 3.09. The number of carbonyl (C=O) groups is 1. The van der Waals surface area contributed by atoms with Crippen LogP contribution in [-0.4, -0.2) is 16.1 Å². The van der Waals surface area contributed by atoms with E-state index in [1.807, 2.05) is 0 Å². The van der Waals surface area contributed by atoms with Crippen LogP contribution in [0.3, 0.4) is 0 Å². The zero-order valence-electron chi connectivity index (χ0n) is 11.1. The Morgan fingerprint density at radius 2 is 2.00 bits per heavy atom. The van der Waals surface area contributed by atoms with E-state index in [-0.39, 0.29) is 23.7 Å². The molecule has 0 bridgehead atoms. The van der Waals surface area contributed by atoms with Crippen LogP contribution in [0.4, 0.5) is 6.01 Å². The van der Waals surface area contributed by atoms with E-state index in [0.717, 1.165) is 25.7 Å². The summed E-state index contributed by atoms with van der Waals surface area (Å²) in [6.45, 7) is 0. The largest absolute Gasteiger partial charge is 0.403 e. The van der Waals surface area contributed by atoms with Gasteiger partial charge in [0.1, 0.15) is 0 Å². The number of hydrogen-bond acceptors (Lipinski definition) is 4. The Bertz CT molecular complexity index is 666. The van der Waals surface area contributed by atoms with Gasteiger partial charge in [-0.3, -0.25) is 10.1 Å². The van der Waals surface area contributed by atoms with E-state index in [9.17, 15) is 4.79 Å². The molecule has 1 N–H and O–H groups in total. The maximum Gasteiger partial charge on any atom is 0.322 e. The van der Waals surface area contributed by atoms with E-state index >= 15 is 0 Å². The molecule has 1 heterocycles. The highest BCUT2D eigenvalue weighted by molar-refractivity contribution is 6.36. The molecule has 1 saturated carbocycles. The normalized spacial score (nSPS) is 15.3. The summed E-state index contributed by atoms with van der Waals surface area (Å²) in [4.78, 5) is 12.0. The molecule has 7 heteroatoms. The zero-order valence-corrected chi connectivity index (χ0v) is 12.6. The highest BCUT2D eigenvalue weighted by Crippen LogP contribution is 2.30. The molecule has 1 aromatic carbocycles. The number of benzene rings is 1. The van der Waals surface area contributed by atoms with Crippen molar-refractivity contribution in [3.05, 3.63) is 28.2 Å². The van der Waals surface area contributed by atoms with Gasteiger partial charge >= 0.3 is 6.01 Å². The number of aromatic nitrogens is 2. The maximum atomic E-state index is 12.0. The topological polar surface area (TPSA) is 68.0 Å². The van der Waals surface area contributed by atoms with E-state index in [1.54, 1.807) is 18.2 Å². The summed E-state index contributed by atoms with van der Waals surface area (Å²) in [6.07, 6.45) is 4.01. The second kappa shape index (κ2) is 6.03. The van der Waals surface area contributed by atoms with Crippen LogP contribution in [0, 0.1) is 5.92 Å². The number of carbonyl (C=O) groups excluding carboxylic acids is 1. The molecule has 0 radical (unpaired) electrons. The number of anilines is 1. The standard InChI is InChI=1S/C14H13Cl2N3O2/c15-9-5-6-10(11(16)7-9)13-18-19-14(21-13)17-12(20)8-3-1-2-4-8/h5-8H,1-4H2,(H,17,19,20). The Morgan fingerprint density at radius 1 is 1.24 bits per heavy atom. The summed E-state index contributed by atoms with van der Waals surface area (Å²) in [5.74, 6) is 0.225. The van der Waals surface area contributed by atoms with Crippen molar-refractivity contribution in [2.45, 2.75) is 25.7 Å². The fraction of sp³-hybridized carbons (Fsp3) is 0.357. The van der Waals surface area contributed by atoms with Crippen molar-refractivity contribution in [3.63, 3.8) is 0 Å². The summed E-state index contributed by atoms with van der Waals surface area (Å²) < 4.78 is 5.44. The van der Waals surface area contributed by atoms with E-state index in [1.165, 1.54) is 0 Å². The van der Waals surface area contributed by atoms with Crippen molar-refractivity contribution in [2.75, 3.05) is 5.32 Å². The van der Waals surface area contributed by atoms with Gasteiger partial charge in [0.2, 0.25) is 5.91 Å². The first-order valence-electron chi connectivity index (χ1n) is 6.73. The number of hydrogen-bond donors (Lipinski definition) is 1. The summed E-state index contributed by atoms with van der Waals surface area (Å²) in [5, 5.41) is 11.3. The van der Waals surface area contributed by atoms with Crippen molar-refractivity contribution in [2.24, 2.45) is 5.92 Å². The Labute approximate surface area is 131 Å². The zero-order chi connectivity index (χ0) is 14.8. The van der Waals surface area contributed by atoms with Gasteiger partial charge in [-0.25, -0.2) is 0 Å². The van der Waals surface area contributed by atoms with Crippen LogP contribution < -0.4 is 5.32 Å². The summed E-state index contributed by atoms with van der Waals surface area (Å²) in [6, 6.07) is 5.07. The molecular formula is C14H13Cl2N3O2. The number of halogens is 2. The van der Waals surface area contributed by atoms with Crippen LogP contribution in [0.5, 0.6) is 0 Å². The highest BCUT2D eigenvalue weighted by Gasteiger charge is 2.24. The van der Waals surface area contributed by atoms with E-state index in [2.05, 4.69) is 15.5 Å². The van der Waals surface area contributed by atoms with Crippen LogP contribution in [0.15, 0.2) is 22.6 Å². The number of nitrogens with zero attached hydrogens (tertiary/aromatic N) is 2. The lowest BCUT2D eigenvalue weighted by molar-refractivity contribution is -0.119. The van der Waals surface area contributed by atoms with Gasteiger partial charge in [0, 0.05) is 10.9 Å². The van der Waals surface area contributed by atoms with Crippen LogP contribution in [0.2, 0.25) is 10.0 Å². The van der Waals surface area contributed by atoms with Gasteiger partial charge in [-0.1, -0.05) is 41.1 Å². The number of amides is 1. The first kappa shape index (κ1) is 14.4. The molecule has 2 aromatic rings. The molecule has 0 saturated heterocycles. The third-order valence-corrected chi connectivity index (χ3v) is 4.09. The maximum absolute atomic E-state index is 12.0. The summed E-state index contributed by atoms with van der Waals surface area (Å²) in [7, 11) is 0. The summed E-state index contributed by atoms with van der Waals surface area (Å²) >= 11 is 11.9. The second-order valence-electron chi connectivity index (χ2n) is 5.01. The van der Waals surface area contributed by atoms with Crippen molar-refractivity contribution in [1.29, 1.82) is 0 Å². The van der Waals surface area contributed by atoms with Gasteiger partial charge in [0.25, 0.3) is 5.89 Å². The molecule has 0 atom stereocenters. The van der Waals surface area contributed by atoms with Crippen molar-refractivity contribution >= 4 is 35.1 Å². The number of rotatable bonds is 3. The molecule has 1 aliphatic rings. The fourth-order valence-corrected chi connectivity index (χ4v) is 2.93. The predicted molar refractivity (Wildman–Crippen MR) is 80.3 cm³/mol. The van der Waals surface area contributed by atoms with Gasteiger partial charge in [0.15, 0.2) is 0 Å². The third kappa shape index (κ3) is 3.19. The van der Waals surface area contributed by atoms with Gasteiger partial charge in [-0.2, -0.15) is 0 Å². The molecule has 0 aliphatic heterocycles. The highest BCUT2D eigenvalue weighted by atomic mass is 35.5. The third-order valence-electron chi connectivity index (χ3n) is 3.54. The molecule has 0 spiro atoms. The lowest BCUT2D eigenvalue weighted by Gasteiger charge is -2.06. The van der Waals surface area contributed by atoms with Gasteiger partial charge in [-0.15, -0.1) is 5.10 Å². The predicted octanol–water partition coefficient (Wildman–Crippen LogP) is 4.17. The van der Waals surface area contributed by atoms with Gasteiger partial charge in [-0.05, 0) is 31.0 Å². The molecule has 3 rings (SSSR count). The van der Waals surface area contributed by atoms with Gasteiger partial charge < -0.3 is 4.42 Å². The van der Waals surface area contributed by atoms with Gasteiger partial charge in [0.05, 0.1) is 10.6 Å². The van der Waals surface area contributed by atoms with Crippen LogP contribution >= 0.6 is 23.2 Å². The van der Waals surface area contributed by atoms with E-state index < -0.39 is 0 Å².